The monoisotopic (exact) mass is 360 g/mol. The lowest BCUT2D eigenvalue weighted by molar-refractivity contribution is 0.301. The summed E-state index contributed by atoms with van der Waals surface area (Å²) in [6.45, 7) is 0. The lowest BCUT2D eigenvalue weighted by atomic mass is 9.91. The molecule has 134 valence electrons. The third kappa shape index (κ3) is 3.04. The summed E-state index contributed by atoms with van der Waals surface area (Å²) in [5.74, 6) is 2.09. The average molecular weight is 360 g/mol. The molecule has 4 rings (SSSR count). The molecular weight excluding hydrogens is 336 g/mol. The van der Waals surface area contributed by atoms with Gasteiger partial charge in [0, 0.05) is 24.3 Å². The van der Waals surface area contributed by atoms with Crippen molar-refractivity contribution < 1.29 is 0 Å². The fourth-order valence-corrected chi connectivity index (χ4v) is 5.22. The second-order valence-electron chi connectivity index (χ2n) is 7.11. The van der Waals surface area contributed by atoms with Gasteiger partial charge in [-0.25, -0.2) is 9.78 Å². The maximum atomic E-state index is 13.3. The van der Waals surface area contributed by atoms with Crippen LogP contribution in [0.5, 0.6) is 0 Å². The van der Waals surface area contributed by atoms with Crippen LogP contribution < -0.4 is 17.0 Å². The van der Waals surface area contributed by atoms with Gasteiger partial charge in [-0.1, -0.05) is 0 Å². The molecule has 2 aromatic heterocycles. The topological polar surface area (TPSA) is 82.9 Å². The molecule has 0 spiro atoms. The van der Waals surface area contributed by atoms with E-state index in [1.165, 1.54) is 4.57 Å². The van der Waals surface area contributed by atoms with Crippen molar-refractivity contribution in [3.63, 3.8) is 0 Å². The highest BCUT2D eigenvalue weighted by molar-refractivity contribution is 7.99. The van der Waals surface area contributed by atoms with Crippen LogP contribution in [-0.4, -0.2) is 31.7 Å². The Morgan fingerprint density at radius 1 is 1.00 bits per heavy atom. The molecule has 0 aromatic carbocycles. The first-order chi connectivity index (χ1) is 12.2. The molecular formula is C18H24N4O2S. The van der Waals surface area contributed by atoms with E-state index in [4.69, 9.17) is 5.73 Å². The highest BCUT2D eigenvalue weighted by atomic mass is 32.2. The Kier molecular flexibility index (Phi) is 4.69. The summed E-state index contributed by atoms with van der Waals surface area (Å²) in [4.78, 5) is 30.8. The molecule has 2 aliphatic rings. The Balaban J connectivity index is 1.91. The van der Waals surface area contributed by atoms with E-state index in [1.807, 2.05) is 11.8 Å². The lowest BCUT2D eigenvalue weighted by Gasteiger charge is -2.30. The molecule has 2 aromatic rings. The van der Waals surface area contributed by atoms with E-state index in [2.05, 4.69) is 4.98 Å². The minimum Gasteiger partial charge on any atom is -0.328 e. The second kappa shape index (κ2) is 6.96. The number of thioether (sulfide) groups is 1. The molecule has 1 aliphatic carbocycles. The van der Waals surface area contributed by atoms with Crippen LogP contribution in [0.15, 0.2) is 27.9 Å². The molecule has 7 heteroatoms. The van der Waals surface area contributed by atoms with Crippen molar-refractivity contribution in [2.45, 2.75) is 56.7 Å². The Labute approximate surface area is 150 Å². The van der Waals surface area contributed by atoms with Gasteiger partial charge >= 0.3 is 5.69 Å². The van der Waals surface area contributed by atoms with Gasteiger partial charge in [0.2, 0.25) is 0 Å². The summed E-state index contributed by atoms with van der Waals surface area (Å²) < 4.78 is 3.29. The molecule has 0 radical (unpaired) electrons. The molecule has 25 heavy (non-hydrogen) atoms. The van der Waals surface area contributed by atoms with Crippen LogP contribution in [-0.2, 0) is 0 Å². The number of hydrogen-bond donors (Lipinski definition) is 1. The molecule has 0 amide bonds. The molecule has 2 fully saturated rings. The molecule has 0 unspecified atom stereocenters. The summed E-state index contributed by atoms with van der Waals surface area (Å²) in [5, 5.41) is 0.551. The van der Waals surface area contributed by atoms with E-state index in [9.17, 15) is 9.59 Å². The van der Waals surface area contributed by atoms with Gasteiger partial charge in [-0.2, -0.15) is 11.8 Å². The molecule has 3 heterocycles. The number of hydrogen-bond acceptors (Lipinski definition) is 5. The predicted molar refractivity (Wildman–Crippen MR) is 101 cm³/mol. The number of pyridine rings is 1. The van der Waals surface area contributed by atoms with Crippen molar-refractivity contribution in [3.05, 3.63) is 39.2 Å². The highest BCUT2D eigenvalue weighted by Gasteiger charge is 2.27. The van der Waals surface area contributed by atoms with Gasteiger partial charge in [0.15, 0.2) is 0 Å². The summed E-state index contributed by atoms with van der Waals surface area (Å²) in [6, 6.07) is 3.84. The third-order valence-corrected chi connectivity index (χ3v) is 6.59. The fourth-order valence-electron chi connectivity index (χ4n) is 4.13. The SMILES string of the molecule is NC1CCC(n2c(=O)c3cccnc3n(C3CCSCC3)c2=O)CC1. The summed E-state index contributed by atoms with van der Waals surface area (Å²) in [7, 11) is 0. The zero-order chi connectivity index (χ0) is 17.4. The van der Waals surface area contributed by atoms with Crippen LogP contribution in [0.4, 0.5) is 0 Å². The Morgan fingerprint density at radius 3 is 2.40 bits per heavy atom. The van der Waals surface area contributed by atoms with E-state index in [0.717, 1.165) is 50.0 Å². The maximum absolute atomic E-state index is 13.3. The largest absolute Gasteiger partial charge is 0.333 e. The van der Waals surface area contributed by atoms with E-state index in [0.29, 0.717) is 11.0 Å². The van der Waals surface area contributed by atoms with Crippen molar-refractivity contribution in [2.24, 2.45) is 5.73 Å². The van der Waals surface area contributed by atoms with Crippen LogP contribution in [0.25, 0.3) is 11.0 Å². The fraction of sp³-hybridized carbons (Fsp3) is 0.611. The number of aromatic nitrogens is 3. The van der Waals surface area contributed by atoms with Crippen molar-refractivity contribution in [3.8, 4) is 0 Å². The smallest absolute Gasteiger partial charge is 0.328 e. The molecule has 0 bridgehead atoms. The lowest BCUT2D eigenvalue weighted by Crippen LogP contribution is -2.45. The van der Waals surface area contributed by atoms with Gasteiger partial charge in [0.05, 0.1) is 5.39 Å². The van der Waals surface area contributed by atoms with Gasteiger partial charge in [-0.15, -0.1) is 0 Å². The molecule has 0 atom stereocenters. The second-order valence-corrected chi connectivity index (χ2v) is 8.34. The molecule has 1 saturated carbocycles. The minimum absolute atomic E-state index is 0.0476. The molecule has 2 N–H and O–H groups in total. The van der Waals surface area contributed by atoms with Crippen molar-refractivity contribution in [1.82, 2.24) is 14.1 Å². The Hall–Kier alpha value is -1.60. The highest BCUT2D eigenvalue weighted by Crippen LogP contribution is 2.29. The number of nitrogens with two attached hydrogens (primary N) is 1. The quantitative estimate of drug-likeness (QED) is 0.886. The van der Waals surface area contributed by atoms with E-state index < -0.39 is 0 Å². The average Bonchev–Trinajstić information content (AvgIpc) is 2.64. The number of nitrogens with zero attached hydrogens (tertiary/aromatic N) is 3. The maximum Gasteiger partial charge on any atom is 0.333 e. The Morgan fingerprint density at radius 2 is 1.68 bits per heavy atom. The minimum atomic E-state index is -0.199. The predicted octanol–water partition coefficient (Wildman–Crippen LogP) is 2.07. The van der Waals surface area contributed by atoms with Gasteiger partial charge in [-0.3, -0.25) is 13.9 Å². The van der Waals surface area contributed by atoms with Gasteiger partial charge in [-0.05, 0) is 62.2 Å². The van der Waals surface area contributed by atoms with Crippen molar-refractivity contribution >= 4 is 22.8 Å². The van der Waals surface area contributed by atoms with Crippen LogP contribution in [0.2, 0.25) is 0 Å². The third-order valence-electron chi connectivity index (χ3n) is 5.54. The van der Waals surface area contributed by atoms with Crippen LogP contribution in [0.1, 0.15) is 50.6 Å². The van der Waals surface area contributed by atoms with E-state index >= 15 is 0 Å². The van der Waals surface area contributed by atoms with Crippen LogP contribution in [0.3, 0.4) is 0 Å². The summed E-state index contributed by atoms with van der Waals surface area (Å²) in [6.07, 6.45) is 6.88. The van der Waals surface area contributed by atoms with Crippen LogP contribution >= 0.6 is 11.8 Å². The van der Waals surface area contributed by atoms with Gasteiger partial charge < -0.3 is 5.73 Å². The van der Waals surface area contributed by atoms with Gasteiger partial charge in [0.25, 0.3) is 5.56 Å². The first-order valence-electron chi connectivity index (χ1n) is 9.12. The van der Waals surface area contributed by atoms with Crippen molar-refractivity contribution in [2.75, 3.05) is 11.5 Å². The van der Waals surface area contributed by atoms with Crippen LogP contribution in [0, 0.1) is 0 Å². The zero-order valence-corrected chi connectivity index (χ0v) is 15.1. The number of fused-ring (bicyclic) bond motifs is 1. The summed E-state index contributed by atoms with van der Waals surface area (Å²) in [5.41, 5.74) is 6.16. The first kappa shape index (κ1) is 16.8. The zero-order valence-electron chi connectivity index (χ0n) is 14.3. The Bertz CT molecular complexity index is 877. The standard InChI is InChI=1S/C18H24N4O2S/c19-12-3-5-13(6-4-12)22-17(23)15-2-1-9-20-16(15)21(18(22)24)14-7-10-25-11-8-14/h1-2,9,12-14H,3-8,10-11,19H2. The molecule has 1 saturated heterocycles. The molecule has 6 nitrogen and oxygen atoms in total. The molecule has 1 aliphatic heterocycles. The summed E-state index contributed by atoms with van der Waals surface area (Å²) >= 11 is 1.92. The van der Waals surface area contributed by atoms with E-state index in [1.54, 1.807) is 22.9 Å². The van der Waals surface area contributed by atoms with E-state index in [-0.39, 0.29) is 29.4 Å². The number of rotatable bonds is 2. The van der Waals surface area contributed by atoms with Crippen molar-refractivity contribution in [1.29, 1.82) is 0 Å². The normalized spacial score (nSPS) is 25.3. The van der Waals surface area contributed by atoms with Gasteiger partial charge in [0.1, 0.15) is 5.65 Å². The first-order valence-corrected chi connectivity index (χ1v) is 10.3.